The highest BCUT2D eigenvalue weighted by Gasteiger charge is 1.96. The lowest BCUT2D eigenvalue weighted by Gasteiger charge is -2.05. The maximum absolute atomic E-state index is 11.1. The molecule has 0 saturated heterocycles. The zero-order chi connectivity index (χ0) is 9.94. The van der Waals surface area contributed by atoms with Crippen LogP contribution in [0, 0.1) is 0 Å². The van der Waals surface area contributed by atoms with Crippen molar-refractivity contribution < 1.29 is 4.79 Å². The molecule has 0 bridgehead atoms. The number of rotatable bonds is 7. The Balaban J connectivity index is 3.11. The second-order valence-electron chi connectivity index (χ2n) is 3.24. The molecule has 0 heterocycles. The molecule has 2 N–H and O–H groups in total. The number of unbranched alkanes of at least 4 members (excludes halogenated alkanes) is 3. The number of hydrogen-bond acceptors (Lipinski definition) is 1. The third kappa shape index (κ3) is 9.18. The fraction of sp³-hybridized carbons (Fsp3) is 0.900. The Morgan fingerprint density at radius 3 is 2.00 bits per heavy atom. The first kappa shape index (κ1) is 12.3. The first-order valence-corrected chi connectivity index (χ1v) is 5.33. The van der Waals surface area contributed by atoms with E-state index in [2.05, 4.69) is 24.5 Å². The van der Waals surface area contributed by atoms with Gasteiger partial charge in [0.05, 0.1) is 0 Å². The highest BCUT2D eigenvalue weighted by molar-refractivity contribution is 5.73. The number of amides is 2. The van der Waals surface area contributed by atoms with Crippen molar-refractivity contribution in [3.8, 4) is 0 Å². The molecular formula is C10H22N2O. The zero-order valence-corrected chi connectivity index (χ0v) is 8.86. The molecule has 0 spiro atoms. The largest absolute Gasteiger partial charge is 0.338 e. The van der Waals surface area contributed by atoms with Crippen LogP contribution >= 0.6 is 0 Å². The first-order chi connectivity index (χ1) is 6.31. The van der Waals surface area contributed by atoms with E-state index >= 15 is 0 Å². The van der Waals surface area contributed by atoms with Gasteiger partial charge in [0.15, 0.2) is 0 Å². The fourth-order valence-electron chi connectivity index (χ4n) is 1.02. The van der Waals surface area contributed by atoms with Gasteiger partial charge in [0, 0.05) is 13.1 Å². The van der Waals surface area contributed by atoms with E-state index in [-0.39, 0.29) is 6.03 Å². The molecule has 0 fully saturated rings. The van der Waals surface area contributed by atoms with Gasteiger partial charge in [0.2, 0.25) is 0 Å². The van der Waals surface area contributed by atoms with Gasteiger partial charge in [-0.3, -0.25) is 0 Å². The molecule has 3 nitrogen and oxygen atoms in total. The van der Waals surface area contributed by atoms with Gasteiger partial charge >= 0.3 is 6.03 Å². The van der Waals surface area contributed by atoms with Crippen LogP contribution in [0.1, 0.15) is 46.0 Å². The van der Waals surface area contributed by atoms with E-state index in [1.807, 2.05) is 0 Å². The van der Waals surface area contributed by atoms with E-state index in [0.717, 1.165) is 32.4 Å². The van der Waals surface area contributed by atoms with Crippen LogP contribution in [0.25, 0.3) is 0 Å². The standard InChI is InChI=1S/C10H22N2O/c1-3-5-7-9-12-10(13)11-8-6-4-2/h3-9H2,1-2H3,(H2,11,12,13). The topological polar surface area (TPSA) is 41.1 Å². The normalized spacial score (nSPS) is 9.69. The van der Waals surface area contributed by atoms with Crippen LogP contribution in [-0.4, -0.2) is 19.1 Å². The number of hydrogen-bond donors (Lipinski definition) is 2. The van der Waals surface area contributed by atoms with Crippen molar-refractivity contribution in [1.29, 1.82) is 0 Å². The second-order valence-corrected chi connectivity index (χ2v) is 3.24. The molecule has 0 aliphatic carbocycles. The van der Waals surface area contributed by atoms with Gasteiger partial charge in [-0.05, 0) is 12.8 Å². The maximum atomic E-state index is 11.1. The molecule has 0 aromatic heterocycles. The Labute approximate surface area is 81.3 Å². The van der Waals surface area contributed by atoms with Gasteiger partial charge in [-0.15, -0.1) is 0 Å². The molecule has 2 amide bonds. The summed E-state index contributed by atoms with van der Waals surface area (Å²) in [6, 6.07) is -0.0236. The van der Waals surface area contributed by atoms with Crippen LogP contribution in [0.4, 0.5) is 4.79 Å². The molecule has 0 saturated carbocycles. The molecule has 0 rings (SSSR count). The summed E-state index contributed by atoms with van der Waals surface area (Å²) in [5, 5.41) is 5.64. The fourth-order valence-corrected chi connectivity index (χ4v) is 1.02. The van der Waals surface area contributed by atoms with E-state index in [0.29, 0.717) is 0 Å². The number of carbonyl (C=O) groups is 1. The van der Waals surface area contributed by atoms with Crippen molar-refractivity contribution in [1.82, 2.24) is 10.6 Å². The minimum atomic E-state index is -0.0236. The lowest BCUT2D eigenvalue weighted by atomic mass is 10.2. The highest BCUT2D eigenvalue weighted by atomic mass is 16.2. The number of nitrogens with one attached hydrogen (secondary N) is 2. The summed E-state index contributed by atoms with van der Waals surface area (Å²) in [7, 11) is 0. The van der Waals surface area contributed by atoms with Crippen LogP contribution in [0.3, 0.4) is 0 Å². The summed E-state index contributed by atoms with van der Waals surface area (Å²) < 4.78 is 0. The summed E-state index contributed by atoms with van der Waals surface area (Å²) in [5.74, 6) is 0. The van der Waals surface area contributed by atoms with E-state index in [1.165, 1.54) is 12.8 Å². The molecule has 78 valence electrons. The van der Waals surface area contributed by atoms with Crippen molar-refractivity contribution in [2.24, 2.45) is 0 Å². The average Bonchev–Trinajstić information content (AvgIpc) is 2.13. The molecule has 0 unspecified atom stereocenters. The molecule has 0 aromatic carbocycles. The Morgan fingerprint density at radius 2 is 1.46 bits per heavy atom. The highest BCUT2D eigenvalue weighted by Crippen LogP contribution is 1.90. The molecule has 0 atom stereocenters. The lowest BCUT2D eigenvalue weighted by molar-refractivity contribution is 0.240. The van der Waals surface area contributed by atoms with Gasteiger partial charge in [-0.25, -0.2) is 4.79 Å². The second kappa shape index (κ2) is 9.36. The lowest BCUT2D eigenvalue weighted by Crippen LogP contribution is -2.36. The summed E-state index contributed by atoms with van der Waals surface area (Å²) >= 11 is 0. The first-order valence-electron chi connectivity index (χ1n) is 5.33. The van der Waals surface area contributed by atoms with E-state index in [9.17, 15) is 4.79 Å². The Bertz CT molecular complexity index is 126. The quantitative estimate of drug-likeness (QED) is 0.588. The number of carbonyl (C=O) groups excluding carboxylic acids is 1. The van der Waals surface area contributed by atoms with Crippen LogP contribution in [0.15, 0.2) is 0 Å². The monoisotopic (exact) mass is 186 g/mol. The van der Waals surface area contributed by atoms with Crippen LogP contribution in [-0.2, 0) is 0 Å². The molecule has 0 aliphatic heterocycles. The van der Waals surface area contributed by atoms with Crippen molar-refractivity contribution in [3.05, 3.63) is 0 Å². The van der Waals surface area contributed by atoms with Crippen molar-refractivity contribution >= 4 is 6.03 Å². The maximum Gasteiger partial charge on any atom is 0.314 e. The molecule has 0 aliphatic rings. The molecular weight excluding hydrogens is 164 g/mol. The minimum Gasteiger partial charge on any atom is -0.338 e. The van der Waals surface area contributed by atoms with E-state index in [1.54, 1.807) is 0 Å². The Kier molecular flexibility index (Phi) is 8.83. The third-order valence-corrected chi connectivity index (χ3v) is 1.88. The van der Waals surface area contributed by atoms with Crippen LogP contribution < -0.4 is 10.6 Å². The van der Waals surface area contributed by atoms with E-state index < -0.39 is 0 Å². The van der Waals surface area contributed by atoms with Gasteiger partial charge in [0.1, 0.15) is 0 Å². The number of urea groups is 1. The van der Waals surface area contributed by atoms with Crippen molar-refractivity contribution in [2.45, 2.75) is 46.0 Å². The van der Waals surface area contributed by atoms with Crippen LogP contribution in [0.2, 0.25) is 0 Å². The summed E-state index contributed by atoms with van der Waals surface area (Å²) in [6.07, 6.45) is 5.64. The Hall–Kier alpha value is -0.730. The summed E-state index contributed by atoms with van der Waals surface area (Å²) in [5.41, 5.74) is 0. The molecule has 3 heteroatoms. The predicted molar refractivity (Wildman–Crippen MR) is 55.8 cm³/mol. The molecule has 0 radical (unpaired) electrons. The van der Waals surface area contributed by atoms with Crippen LogP contribution in [0.5, 0.6) is 0 Å². The SMILES string of the molecule is CCCCCNC(=O)NCCCC. The summed E-state index contributed by atoms with van der Waals surface area (Å²) in [6.45, 7) is 5.85. The third-order valence-electron chi connectivity index (χ3n) is 1.88. The van der Waals surface area contributed by atoms with Gasteiger partial charge in [-0.2, -0.15) is 0 Å². The Morgan fingerprint density at radius 1 is 0.923 bits per heavy atom. The van der Waals surface area contributed by atoms with Gasteiger partial charge < -0.3 is 10.6 Å². The van der Waals surface area contributed by atoms with Crippen molar-refractivity contribution in [2.75, 3.05) is 13.1 Å². The smallest absolute Gasteiger partial charge is 0.314 e. The van der Waals surface area contributed by atoms with Crippen molar-refractivity contribution in [3.63, 3.8) is 0 Å². The molecule has 0 aromatic rings. The van der Waals surface area contributed by atoms with Gasteiger partial charge in [0.25, 0.3) is 0 Å². The van der Waals surface area contributed by atoms with Gasteiger partial charge in [-0.1, -0.05) is 33.1 Å². The summed E-state index contributed by atoms with van der Waals surface area (Å²) in [4.78, 5) is 11.1. The average molecular weight is 186 g/mol. The van der Waals surface area contributed by atoms with E-state index in [4.69, 9.17) is 0 Å². The predicted octanol–water partition coefficient (Wildman–Crippen LogP) is 2.28. The molecule has 13 heavy (non-hydrogen) atoms. The minimum absolute atomic E-state index is 0.0236. The zero-order valence-electron chi connectivity index (χ0n) is 8.86.